The number of hydrogen-bond acceptors (Lipinski definition) is 11. The topological polar surface area (TPSA) is 302 Å². The Morgan fingerprint density at radius 2 is 1.60 bits per heavy atom. The number of carbonyl (C=O) groups excluding carboxylic acids is 6. The molecule has 0 aromatic heterocycles. The Balaban J connectivity index is 3.05. The van der Waals surface area contributed by atoms with Crippen molar-refractivity contribution in [2.75, 3.05) is 31.1 Å². The van der Waals surface area contributed by atoms with Gasteiger partial charge in [0.1, 0.15) is 24.2 Å². The van der Waals surface area contributed by atoms with E-state index in [9.17, 15) is 38.7 Å². The summed E-state index contributed by atoms with van der Waals surface area (Å²) in [6.45, 7) is 4.31. The fraction of sp³-hybridized carbons (Fsp3) is 0.680. The van der Waals surface area contributed by atoms with Crippen LogP contribution in [-0.4, -0.2) is 114 Å². The molecule has 0 aromatic carbocycles. The molecule has 0 aromatic rings. The number of carboxylic acid groups (broad SMARTS) is 1. The first-order valence-corrected chi connectivity index (χ1v) is 16.6. The molecule has 1 heterocycles. The molecule has 1 aliphatic heterocycles. The van der Waals surface area contributed by atoms with Crippen molar-refractivity contribution in [1.29, 1.82) is 0 Å². The molecule has 0 aliphatic carbocycles. The Bertz CT molecular complexity index is 1110. The third-order valence-corrected chi connectivity index (χ3v) is 8.52. The quantitative estimate of drug-likeness (QED) is 0.0433. The third kappa shape index (κ3) is 16.2. The van der Waals surface area contributed by atoms with Crippen molar-refractivity contribution >= 4 is 69.0 Å². The summed E-state index contributed by atoms with van der Waals surface area (Å²) >= 11 is 0. The molecule has 1 fully saturated rings. The maximum atomic E-state index is 13.3. The molecular formula is C25H44N10O8S2. The Hall–Kier alpha value is -3.78. The van der Waals surface area contributed by atoms with Crippen molar-refractivity contribution in [2.24, 2.45) is 28.1 Å². The summed E-state index contributed by atoms with van der Waals surface area (Å²) in [6.07, 6.45) is 0.508. The maximum Gasteiger partial charge on any atom is 0.326 e. The van der Waals surface area contributed by atoms with E-state index in [0.29, 0.717) is 0 Å². The first kappa shape index (κ1) is 39.2. The summed E-state index contributed by atoms with van der Waals surface area (Å²) in [5, 5.41) is 24.2. The number of nitrogens with zero attached hydrogens (tertiary/aromatic N) is 1. The smallest absolute Gasteiger partial charge is 0.326 e. The molecule has 1 saturated heterocycles. The second-order valence-electron chi connectivity index (χ2n) is 10.6. The lowest BCUT2D eigenvalue weighted by Gasteiger charge is -2.25. The van der Waals surface area contributed by atoms with Crippen molar-refractivity contribution in [2.45, 2.75) is 70.2 Å². The zero-order valence-electron chi connectivity index (χ0n) is 25.4. The molecule has 1 aliphatic rings. The number of guanidine groups is 1. The van der Waals surface area contributed by atoms with Gasteiger partial charge in [-0.3, -0.25) is 33.8 Å². The van der Waals surface area contributed by atoms with E-state index < -0.39 is 84.7 Å². The van der Waals surface area contributed by atoms with Crippen LogP contribution in [0.2, 0.25) is 0 Å². The van der Waals surface area contributed by atoms with Gasteiger partial charge in [0, 0.05) is 18.1 Å². The first-order chi connectivity index (χ1) is 21.1. The van der Waals surface area contributed by atoms with Crippen LogP contribution >= 0.6 is 21.6 Å². The zero-order valence-corrected chi connectivity index (χ0v) is 27.1. The molecule has 18 nitrogen and oxygen atoms in total. The number of amides is 6. The molecule has 0 radical (unpaired) electrons. The number of nitrogens with two attached hydrogens (primary N) is 3. The predicted molar refractivity (Wildman–Crippen MR) is 169 cm³/mol. The Morgan fingerprint density at radius 3 is 2.22 bits per heavy atom. The second kappa shape index (κ2) is 20.3. The number of aliphatic imine (C=N–C) groups is 1. The van der Waals surface area contributed by atoms with Crippen molar-refractivity contribution in [1.82, 2.24) is 31.9 Å². The fourth-order valence-electron chi connectivity index (χ4n) is 3.69. The molecule has 254 valence electrons. The molecule has 13 N–H and O–H groups in total. The van der Waals surface area contributed by atoms with E-state index in [1.54, 1.807) is 0 Å². The minimum atomic E-state index is -1.29. The normalized spacial score (nSPS) is 21.9. The van der Waals surface area contributed by atoms with Crippen LogP contribution < -0.4 is 49.1 Å². The van der Waals surface area contributed by atoms with Crippen LogP contribution in [0.15, 0.2) is 4.99 Å². The van der Waals surface area contributed by atoms with E-state index in [-0.39, 0.29) is 49.2 Å². The van der Waals surface area contributed by atoms with E-state index in [0.717, 1.165) is 21.6 Å². The number of aliphatic carboxylic acids is 1. The molecule has 0 saturated carbocycles. The highest BCUT2D eigenvalue weighted by Gasteiger charge is 2.30. The number of carbonyl (C=O) groups is 7. The van der Waals surface area contributed by atoms with E-state index in [4.69, 9.17) is 17.2 Å². The molecule has 45 heavy (non-hydrogen) atoms. The number of rotatable bonds is 11. The van der Waals surface area contributed by atoms with Gasteiger partial charge in [-0.25, -0.2) is 4.79 Å². The van der Waals surface area contributed by atoms with Crippen LogP contribution in [0.1, 0.15) is 40.0 Å². The van der Waals surface area contributed by atoms with Gasteiger partial charge in [-0.05, 0) is 32.1 Å². The van der Waals surface area contributed by atoms with Crippen LogP contribution in [0, 0.1) is 5.92 Å². The summed E-state index contributed by atoms with van der Waals surface area (Å²) in [5.41, 5.74) is 16.4. The van der Waals surface area contributed by atoms with E-state index in [1.165, 1.54) is 6.92 Å². The monoisotopic (exact) mass is 676 g/mol. The summed E-state index contributed by atoms with van der Waals surface area (Å²) in [7, 11) is 2.27. The van der Waals surface area contributed by atoms with E-state index in [1.807, 2.05) is 13.8 Å². The molecule has 1 rings (SSSR count). The Labute approximate surface area is 268 Å². The minimum Gasteiger partial charge on any atom is -0.480 e. The van der Waals surface area contributed by atoms with Crippen molar-refractivity contribution in [3.8, 4) is 0 Å². The van der Waals surface area contributed by atoms with Gasteiger partial charge in [0.05, 0.1) is 19.1 Å². The second-order valence-corrected chi connectivity index (χ2v) is 13.1. The highest BCUT2D eigenvalue weighted by atomic mass is 33.1. The largest absolute Gasteiger partial charge is 0.480 e. The van der Waals surface area contributed by atoms with E-state index >= 15 is 0 Å². The number of carboxylic acids is 1. The van der Waals surface area contributed by atoms with Crippen LogP contribution in [0.25, 0.3) is 0 Å². The Kier molecular flexibility index (Phi) is 17.7. The Morgan fingerprint density at radius 1 is 0.956 bits per heavy atom. The molecule has 0 unspecified atom stereocenters. The molecule has 20 heteroatoms. The molecule has 6 amide bonds. The van der Waals surface area contributed by atoms with Gasteiger partial charge in [-0.15, -0.1) is 0 Å². The van der Waals surface area contributed by atoms with Gasteiger partial charge in [0.2, 0.25) is 35.4 Å². The predicted octanol–water partition coefficient (Wildman–Crippen LogP) is -3.92. The molecular weight excluding hydrogens is 632 g/mol. The third-order valence-electron chi connectivity index (χ3n) is 6.08. The van der Waals surface area contributed by atoms with Gasteiger partial charge in [-0.2, -0.15) is 0 Å². The van der Waals surface area contributed by atoms with Gasteiger partial charge in [-0.1, -0.05) is 35.4 Å². The van der Waals surface area contributed by atoms with Crippen LogP contribution in [0.3, 0.4) is 0 Å². The fourth-order valence-corrected chi connectivity index (χ4v) is 5.98. The average molecular weight is 677 g/mol. The summed E-state index contributed by atoms with van der Waals surface area (Å²) in [4.78, 5) is 91.5. The highest BCUT2D eigenvalue weighted by molar-refractivity contribution is 8.76. The van der Waals surface area contributed by atoms with Gasteiger partial charge >= 0.3 is 5.97 Å². The number of nitrogens with one attached hydrogen (secondary N) is 6. The SMILES string of the molecule is CC(C)C[C@@H]1NC(=O)CNC(=O)CNC(=O)[C@@H](N)CSSC[C@@H](C(=O)N[C@@H](C)C(=O)N[C@@H](CCCN=C(N)N)C(=O)O)NC1=O. The van der Waals surface area contributed by atoms with Gasteiger partial charge < -0.3 is 54.2 Å². The lowest BCUT2D eigenvalue weighted by Crippen LogP contribution is -2.58. The minimum absolute atomic E-state index is 0.0180. The van der Waals surface area contributed by atoms with Crippen LogP contribution in [-0.2, 0) is 33.6 Å². The van der Waals surface area contributed by atoms with Crippen LogP contribution in [0.4, 0.5) is 0 Å². The van der Waals surface area contributed by atoms with Crippen molar-refractivity contribution < 1.29 is 38.7 Å². The lowest BCUT2D eigenvalue weighted by atomic mass is 10.0. The highest BCUT2D eigenvalue weighted by Crippen LogP contribution is 2.23. The summed E-state index contributed by atoms with van der Waals surface area (Å²) < 4.78 is 0. The standard InChI is InChI=1S/C25H44N10O8S2/c1-12(2)7-16-22(40)35-17(11-45-44-10-14(26)21(39)31-8-18(36)30-9-19(37)33-16)23(41)32-13(3)20(38)34-15(24(42)43)5-4-6-29-25(27)28/h12-17H,4-11,26H2,1-3H3,(H,30,36)(H,31,39)(H,32,41)(H,33,37)(H,34,38)(H,35,40)(H,42,43)(H4,27,28,29)/t13-,14-,15-,16-,17-/m0/s1. The number of hydrogen-bond donors (Lipinski definition) is 10. The van der Waals surface area contributed by atoms with Gasteiger partial charge in [0.15, 0.2) is 5.96 Å². The molecule has 0 bridgehead atoms. The maximum absolute atomic E-state index is 13.3. The molecule has 5 atom stereocenters. The van der Waals surface area contributed by atoms with Crippen LogP contribution in [0.5, 0.6) is 0 Å². The average Bonchev–Trinajstić information content (AvgIpc) is 2.96. The van der Waals surface area contributed by atoms with E-state index in [2.05, 4.69) is 36.9 Å². The van der Waals surface area contributed by atoms with Gasteiger partial charge in [0.25, 0.3) is 0 Å². The molecule has 0 spiro atoms. The van der Waals surface area contributed by atoms with Crippen molar-refractivity contribution in [3.05, 3.63) is 0 Å². The summed E-state index contributed by atoms with van der Waals surface area (Å²) in [5.74, 6) is -5.47. The summed E-state index contributed by atoms with van der Waals surface area (Å²) in [6, 6.07) is -5.70. The first-order valence-electron chi connectivity index (χ1n) is 14.1. The lowest BCUT2D eigenvalue weighted by molar-refractivity contribution is -0.142. The zero-order chi connectivity index (χ0) is 34.1. The van der Waals surface area contributed by atoms with Crippen molar-refractivity contribution in [3.63, 3.8) is 0 Å².